The first-order valence-electron chi connectivity index (χ1n) is 3.89. The molecule has 4 heteroatoms. The van der Waals surface area contributed by atoms with Crippen molar-refractivity contribution in [2.75, 3.05) is 12.4 Å². The molecular formula is C9H12FN3. The van der Waals surface area contributed by atoms with E-state index in [2.05, 4.69) is 10.3 Å². The van der Waals surface area contributed by atoms with Crippen molar-refractivity contribution in [3.8, 4) is 0 Å². The summed E-state index contributed by atoms with van der Waals surface area (Å²) in [4.78, 5) is 3.68. The van der Waals surface area contributed by atoms with Crippen LogP contribution in [0.4, 0.5) is 10.1 Å². The van der Waals surface area contributed by atoms with Gasteiger partial charge in [-0.25, -0.2) is 4.39 Å². The van der Waals surface area contributed by atoms with Crippen LogP contribution < -0.4 is 11.1 Å². The Kier molecular flexibility index (Phi) is 2.84. The molecule has 0 aliphatic rings. The van der Waals surface area contributed by atoms with E-state index < -0.39 is 0 Å². The van der Waals surface area contributed by atoms with Crippen molar-refractivity contribution in [1.82, 2.24) is 0 Å². The van der Waals surface area contributed by atoms with E-state index in [9.17, 15) is 4.39 Å². The van der Waals surface area contributed by atoms with Gasteiger partial charge in [0.05, 0.1) is 5.69 Å². The number of guanidine groups is 1. The van der Waals surface area contributed by atoms with Crippen LogP contribution in [0.25, 0.3) is 0 Å². The fraction of sp³-hybridized carbons (Fsp3) is 0.222. The van der Waals surface area contributed by atoms with Crippen molar-refractivity contribution < 1.29 is 4.39 Å². The Balaban J connectivity index is 3.00. The van der Waals surface area contributed by atoms with Crippen molar-refractivity contribution in [2.24, 2.45) is 10.7 Å². The Hall–Kier alpha value is -1.58. The van der Waals surface area contributed by atoms with Crippen LogP contribution in [0.3, 0.4) is 0 Å². The van der Waals surface area contributed by atoms with E-state index >= 15 is 0 Å². The van der Waals surface area contributed by atoms with Crippen LogP contribution in [0.1, 0.15) is 5.56 Å². The normalized spacial score (nSPS) is 11.5. The van der Waals surface area contributed by atoms with Crippen LogP contribution in [-0.2, 0) is 0 Å². The number of rotatable bonds is 1. The SMILES string of the molecule is CN=C(N)Nc1c(C)cccc1F. The number of nitrogens with zero attached hydrogens (tertiary/aromatic N) is 1. The molecule has 1 rings (SSSR count). The first kappa shape index (κ1) is 9.51. The van der Waals surface area contributed by atoms with Gasteiger partial charge in [-0.05, 0) is 18.6 Å². The molecule has 0 aliphatic carbocycles. The standard InChI is InChI=1S/C9H12FN3/c1-6-4-3-5-7(10)8(6)13-9(11)12-2/h3-5H,1-2H3,(H3,11,12,13). The van der Waals surface area contributed by atoms with Gasteiger partial charge >= 0.3 is 0 Å². The summed E-state index contributed by atoms with van der Waals surface area (Å²) in [5, 5.41) is 2.68. The van der Waals surface area contributed by atoms with Gasteiger partial charge in [0.25, 0.3) is 0 Å². The van der Waals surface area contributed by atoms with Gasteiger partial charge < -0.3 is 11.1 Å². The predicted molar refractivity (Wildman–Crippen MR) is 52.3 cm³/mol. The van der Waals surface area contributed by atoms with E-state index in [1.165, 1.54) is 6.07 Å². The van der Waals surface area contributed by atoms with Crippen molar-refractivity contribution in [3.63, 3.8) is 0 Å². The second kappa shape index (κ2) is 3.89. The van der Waals surface area contributed by atoms with Crippen molar-refractivity contribution >= 4 is 11.6 Å². The molecule has 0 radical (unpaired) electrons. The molecule has 1 aromatic rings. The predicted octanol–water partition coefficient (Wildman–Crippen LogP) is 1.49. The van der Waals surface area contributed by atoms with Crippen LogP contribution in [0.5, 0.6) is 0 Å². The van der Waals surface area contributed by atoms with Crippen molar-refractivity contribution in [2.45, 2.75) is 6.92 Å². The van der Waals surface area contributed by atoms with Gasteiger partial charge in [-0.2, -0.15) is 0 Å². The number of hydrogen-bond acceptors (Lipinski definition) is 1. The van der Waals surface area contributed by atoms with E-state index in [-0.39, 0.29) is 11.8 Å². The smallest absolute Gasteiger partial charge is 0.192 e. The van der Waals surface area contributed by atoms with E-state index in [0.717, 1.165) is 5.56 Å². The van der Waals surface area contributed by atoms with Gasteiger partial charge in [-0.1, -0.05) is 12.1 Å². The zero-order valence-electron chi connectivity index (χ0n) is 7.63. The second-order valence-corrected chi connectivity index (χ2v) is 2.67. The fourth-order valence-corrected chi connectivity index (χ4v) is 0.974. The summed E-state index contributed by atoms with van der Waals surface area (Å²) >= 11 is 0. The summed E-state index contributed by atoms with van der Waals surface area (Å²) in [5.41, 5.74) is 6.59. The van der Waals surface area contributed by atoms with Crippen LogP contribution in [0, 0.1) is 12.7 Å². The number of benzene rings is 1. The lowest BCUT2D eigenvalue weighted by Gasteiger charge is -2.08. The number of nitrogens with one attached hydrogen (secondary N) is 1. The Morgan fingerprint density at radius 3 is 2.77 bits per heavy atom. The first-order valence-corrected chi connectivity index (χ1v) is 3.89. The van der Waals surface area contributed by atoms with E-state index in [4.69, 9.17) is 5.73 Å². The topological polar surface area (TPSA) is 50.4 Å². The Bertz CT molecular complexity index is 313. The highest BCUT2D eigenvalue weighted by atomic mass is 19.1. The third-order valence-corrected chi connectivity index (χ3v) is 1.72. The first-order chi connectivity index (χ1) is 6.15. The number of aliphatic imine (C=N–C) groups is 1. The van der Waals surface area contributed by atoms with E-state index in [0.29, 0.717) is 5.69 Å². The molecule has 0 saturated carbocycles. The minimum atomic E-state index is -0.327. The average molecular weight is 181 g/mol. The molecule has 3 nitrogen and oxygen atoms in total. The Morgan fingerprint density at radius 2 is 2.23 bits per heavy atom. The number of para-hydroxylation sites is 1. The summed E-state index contributed by atoms with van der Waals surface area (Å²) in [6.07, 6.45) is 0. The van der Waals surface area contributed by atoms with E-state index in [1.807, 2.05) is 0 Å². The minimum Gasteiger partial charge on any atom is -0.370 e. The highest BCUT2D eigenvalue weighted by molar-refractivity contribution is 5.92. The van der Waals surface area contributed by atoms with Gasteiger partial charge in [0, 0.05) is 7.05 Å². The summed E-state index contributed by atoms with van der Waals surface area (Å²) in [5.74, 6) is -0.125. The minimum absolute atomic E-state index is 0.202. The summed E-state index contributed by atoms with van der Waals surface area (Å²) < 4.78 is 13.2. The highest BCUT2D eigenvalue weighted by Gasteiger charge is 2.04. The summed E-state index contributed by atoms with van der Waals surface area (Å²) in [7, 11) is 1.54. The molecule has 0 aromatic heterocycles. The quantitative estimate of drug-likeness (QED) is 0.509. The van der Waals surface area contributed by atoms with Gasteiger partial charge in [0.1, 0.15) is 5.82 Å². The van der Waals surface area contributed by atoms with Gasteiger partial charge in [-0.15, -0.1) is 0 Å². The molecule has 70 valence electrons. The van der Waals surface area contributed by atoms with E-state index in [1.54, 1.807) is 26.1 Å². The highest BCUT2D eigenvalue weighted by Crippen LogP contribution is 2.17. The maximum absolute atomic E-state index is 13.2. The molecule has 1 aromatic carbocycles. The Labute approximate surface area is 76.5 Å². The molecule has 0 fully saturated rings. The van der Waals surface area contributed by atoms with Crippen LogP contribution in [-0.4, -0.2) is 13.0 Å². The molecule has 0 unspecified atom stereocenters. The molecule has 0 heterocycles. The third-order valence-electron chi connectivity index (χ3n) is 1.72. The van der Waals surface area contributed by atoms with Crippen LogP contribution in [0.15, 0.2) is 23.2 Å². The molecule has 0 saturated heterocycles. The van der Waals surface area contributed by atoms with Crippen molar-refractivity contribution in [3.05, 3.63) is 29.6 Å². The zero-order chi connectivity index (χ0) is 9.84. The Morgan fingerprint density at radius 1 is 1.54 bits per heavy atom. The van der Waals surface area contributed by atoms with Gasteiger partial charge in [-0.3, -0.25) is 4.99 Å². The summed E-state index contributed by atoms with van der Waals surface area (Å²) in [6, 6.07) is 4.82. The lowest BCUT2D eigenvalue weighted by Crippen LogP contribution is -2.23. The third kappa shape index (κ3) is 2.18. The molecule has 0 bridgehead atoms. The van der Waals surface area contributed by atoms with Gasteiger partial charge in [0.15, 0.2) is 5.96 Å². The lowest BCUT2D eigenvalue weighted by molar-refractivity contribution is 0.631. The van der Waals surface area contributed by atoms with Crippen LogP contribution >= 0.6 is 0 Å². The molecular weight excluding hydrogens is 169 g/mol. The number of anilines is 1. The summed E-state index contributed by atoms with van der Waals surface area (Å²) in [6.45, 7) is 1.80. The number of hydrogen-bond donors (Lipinski definition) is 2. The monoisotopic (exact) mass is 181 g/mol. The maximum Gasteiger partial charge on any atom is 0.192 e. The number of nitrogens with two attached hydrogens (primary N) is 1. The van der Waals surface area contributed by atoms with Gasteiger partial charge in [0.2, 0.25) is 0 Å². The van der Waals surface area contributed by atoms with Crippen LogP contribution in [0.2, 0.25) is 0 Å². The van der Waals surface area contributed by atoms with Crippen molar-refractivity contribution in [1.29, 1.82) is 0 Å². The lowest BCUT2D eigenvalue weighted by atomic mass is 10.2. The number of halogens is 1. The molecule has 0 atom stereocenters. The second-order valence-electron chi connectivity index (χ2n) is 2.67. The molecule has 0 amide bonds. The molecule has 0 spiro atoms. The number of aryl methyl sites for hydroxylation is 1. The molecule has 3 N–H and O–H groups in total. The molecule has 13 heavy (non-hydrogen) atoms. The average Bonchev–Trinajstić information content (AvgIpc) is 2.11. The maximum atomic E-state index is 13.2. The largest absolute Gasteiger partial charge is 0.370 e. The molecule has 0 aliphatic heterocycles. The zero-order valence-corrected chi connectivity index (χ0v) is 7.63. The fourth-order valence-electron chi connectivity index (χ4n) is 0.974.